The molecule has 2 aromatic carbocycles. The summed E-state index contributed by atoms with van der Waals surface area (Å²) in [5.41, 5.74) is 1.62. The van der Waals surface area contributed by atoms with Crippen LogP contribution in [0.2, 0.25) is 0 Å². The SMILES string of the molecule is CCCCSc1nc2ccc3c(ccn3S(=O)(=O)c3ccccc3)c2s1. The Labute approximate surface area is 160 Å². The van der Waals surface area contributed by atoms with Crippen molar-refractivity contribution in [3.63, 3.8) is 0 Å². The van der Waals surface area contributed by atoms with Crippen LogP contribution in [0.3, 0.4) is 0 Å². The van der Waals surface area contributed by atoms with Crippen LogP contribution in [0, 0.1) is 0 Å². The molecule has 0 amide bonds. The zero-order valence-corrected chi connectivity index (χ0v) is 16.7. The fourth-order valence-corrected chi connectivity index (χ4v) is 6.53. The first kappa shape index (κ1) is 17.6. The molecule has 0 unspecified atom stereocenters. The number of hydrogen-bond donors (Lipinski definition) is 0. The molecule has 0 fully saturated rings. The van der Waals surface area contributed by atoms with Crippen LogP contribution in [-0.4, -0.2) is 23.1 Å². The second-order valence-corrected chi connectivity index (χ2v) is 10.1. The topological polar surface area (TPSA) is 52.0 Å². The summed E-state index contributed by atoms with van der Waals surface area (Å²) in [6.07, 6.45) is 3.97. The Balaban J connectivity index is 1.80. The average molecular weight is 403 g/mol. The fraction of sp³-hybridized carbons (Fsp3) is 0.211. The molecule has 0 atom stereocenters. The van der Waals surface area contributed by atoms with Gasteiger partial charge in [-0.15, -0.1) is 11.3 Å². The molecule has 26 heavy (non-hydrogen) atoms. The number of fused-ring (bicyclic) bond motifs is 3. The monoisotopic (exact) mass is 402 g/mol. The van der Waals surface area contributed by atoms with E-state index in [-0.39, 0.29) is 4.90 Å². The zero-order valence-electron chi connectivity index (χ0n) is 14.3. The van der Waals surface area contributed by atoms with E-state index in [9.17, 15) is 8.42 Å². The van der Waals surface area contributed by atoms with E-state index in [1.807, 2.05) is 24.3 Å². The Morgan fingerprint density at radius 2 is 1.92 bits per heavy atom. The van der Waals surface area contributed by atoms with Gasteiger partial charge in [-0.3, -0.25) is 0 Å². The predicted octanol–water partition coefficient (Wildman–Crippen LogP) is 5.38. The van der Waals surface area contributed by atoms with E-state index in [0.717, 1.165) is 25.7 Å². The highest BCUT2D eigenvalue weighted by Crippen LogP contribution is 2.36. The van der Waals surface area contributed by atoms with Crippen LogP contribution in [0.15, 0.2) is 64.0 Å². The summed E-state index contributed by atoms with van der Waals surface area (Å²) < 4.78 is 29.4. The van der Waals surface area contributed by atoms with Crippen molar-refractivity contribution < 1.29 is 8.42 Å². The molecular formula is C19H18N2O2S3. The lowest BCUT2D eigenvalue weighted by Crippen LogP contribution is -2.11. The Morgan fingerprint density at radius 1 is 1.12 bits per heavy atom. The molecule has 0 radical (unpaired) electrons. The number of nitrogens with zero attached hydrogens (tertiary/aromatic N) is 2. The molecule has 0 spiro atoms. The number of unbranched alkanes of at least 4 members (excludes halogenated alkanes) is 1. The van der Waals surface area contributed by atoms with E-state index in [2.05, 4.69) is 11.9 Å². The number of benzene rings is 2. The Kier molecular flexibility index (Phi) is 4.77. The van der Waals surface area contributed by atoms with Crippen LogP contribution in [-0.2, 0) is 10.0 Å². The summed E-state index contributed by atoms with van der Waals surface area (Å²) in [7, 11) is -3.61. The third-order valence-corrected chi connectivity index (χ3v) is 8.23. The molecule has 134 valence electrons. The minimum atomic E-state index is -3.61. The normalized spacial score (nSPS) is 12.2. The van der Waals surface area contributed by atoms with E-state index in [0.29, 0.717) is 5.52 Å². The van der Waals surface area contributed by atoms with Crippen molar-refractivity contribution in [2.45, 2.75) is 29.0 Å². The Bertz CT molecular complexity index is 1160. The molecular weight excluding hydrogens is 384 g/mol. The highest BCUT2D eigenvalue weighted by atomic mass is 32.2. The van der Waals surface area contributed by atoms with Gasteiger partial charge in [-0.1, -0.05) is 43.3 Å². The number of rotatable bonds is 6. The van der Waals surface area contributed by atoms with E-state index in [1.165, 1.54) is 16.8 Å². The van der Waals surface area contributed by atoms with Gasteiger partial charge in [0, 0.05) is 17.3 Å². The minimum Gasteiger partial charge on any atom is -0.241 e. The van der Waals surface area contributed by atoms with Gasteiger partial charge in [0.2, 0.25) is 0 Å². The highest BCUT2D eigenvalue weighted by molar-refractivity contribution is 8.01. The second-order valence-electron chi connectivity index (χ2n) is 5.96. The van der Waals surface area contributed by atoms with Gasteiger partial charge in [0.25, 0.3) is 10.0 Å². The van der Waals surface area contributed by atoms with Crippen LogP contribution < -0.4 is 0 Å². The van der Waals surface area contributed by atoms with Gasteiger partial charge in [-0.2, -0.15) is 0 Å². The molecule has 2 heterocycles. The Morgan fingerprint density at radius 3 is 2.69 bits per heavy atom. The summed E-state index contributed by atoms with van der Waals surface area (Å²) in [5, 5.41) is 0.932. The number of thiazole rings is 1. The van der Waals surface area contributed by atoms with Crippen LogP contribution in [0.5, 0.6) is 0 Å². The molecule has 2 aromatic heterocycles. The smallest absolute Gasteiger partial charge is 0.241 e. The van der Waals surface area contributed by atoms with Crippen LogP contribution in [0.1, 0.15) is 19.8 Å². The van der Waals surface area contributed by atoms with Crippen molar-refractivity contribution in [1.82, 2.24) is 8.96 Å². The molecule has 0 aliphatic heterocycles. The third kappa shape index (κ3) is 3.04. The molecule has 7 heteroatoms. The fourth-order valence-electron chi connectivity index (χ4n) is 2.84. The number of thioether (sulfide) groups is 1. The summed E-state index contributed by atoms with van der Waals surface area (Å²) in [6, 6.07) is 14.2. The lowest BCUT2D eigenvalue weighted by molar-refractivity contribution is 0.589. The summed E-state index contributed by atoms with van der Waals surface area (Å²) in [5.74, 6) is 1.06. The molecule has 4 rings (SSSR count). The van der Waals surface area contributed by atoms with Gasteiger partial charge in [0.05, 0.1) is 20.6 Å². The molecule has 4 aromatic rings. The van der Waals surface area contributed by atoms with Crippen LogP contribution in [0.25, 0.3) is 21.1 Å². The first-order valence-electron chi connectivity index (χ1n) is 8.45. The van der Waals surface area contributed by atoms with Gasteiger partial charge in [-0.25, -0.2) is 17.4 Å². The van der Waals surface area contributed by atoms with Crippen molar-refractivity contribution in [3.05, 3.63) is 54.7 Å². The van der Waals surface area contributed by atoms with Gasteiger partial charge in [0.15, 0.2) is 4.34 Å². The maximum absolute atomic E-state index is 13.0. The van der Waals surface area contributed by atoms with Crippen LogP contribution in [0.4, 0.5) is 0 Å². The zero-order chi connectivity index (χ0) is 18.1. The highest BCUT2D eigenvalue weighted by Gasteiger charge is 2.20. The van der Waals surface area contributed by atoms with Crippen molar-refractivity contribution >= 4 is 54.2 Å². The Hall–Kier alpha value is -1.83. The van der Waals surface area contributed by atoms with Crippen molar-refractivity contribution in [2.75, 3.05) is 5.75 Å². The maximum atomic E-state index is 13.0. The summed E-state index contributed by atoms with van der Waals surface area (Å²) >= 11 is 3.41. The summed E-state index contributed by atoms with van der Waals surface area (Å²) in [6.45, 7) is 2.18. The molecule has 0 saturated carbocycles. The van der Waals surface area contributed by atoms with Crippen molar-refractivity contribution in [2.24, 2.45) is 0 Å². The largest absolute Gasteiger partial charge is 0.268 e. The van der Waals surface area contributed by atoms with E-state index in [1.54, 1.807) is 53.6 Å². The van der Waals surface area contributed by atoms with Gasteiger partial charge >= 0.3 is 0 Å². The van der Waals surface area contributed by atoms with Crippen molar-refractivity contribution in [1.29, 1.82) is 0 Å². The first-order chi connectivity index (χ1) is 12.6. The van der Waals surface area contributed by atoms with E-state index in [4.69, 9.17) is 0 Å². The van der Waals surface area contributed by atoms with Gasteiger partial charge < -0.3 is 0 Å². The average Bonchev–Trinajstić information content (AvgIpc) is 3.26. The van der Waals surface area contributed by atoms with E-state index < -0.39 is 10.0 Å². The van der Waals surface area contributed by atoms with E-state index >= 15 is 0 Å². The molecule has 0 bridgehead atoms. The van der Waals surface area contributed by atoms with Crippen molar-refractivity contribution in [3.8, 4) is 0 Å². The lowest BCUT2D eigenvalue weighted by atomic mass is 10.2. The number of aromatic nitrogens is 2. The third-order valence-electron chi connectivity index (χ3n) is 4.19. The second kappa shape index (κ2) is 7.06. The first-order valence-corrected chi connectivity index (χ1v) is 11.7. The number of hydrogen-bond acceptors (Lipinski definition) is 5. The maximum Gasteiger partial charge on any atom is 0.268 e. The summed E-state index contributed by atoms with van der Waals surface area (Å²) in [4.78, 5) is 4.98. The molecule has 0 saturated heterocycles. The minimum absolute atomic E-state index is 0.290. The molecule has 0 aliphatic rings. The lowest BCUT2D eigenvalue weighted by Gasteiger charge is -2.07. The van der Waals surface area contributed by atoms with Crippen LogP contribution >= 0.6 is 23.1 Å². The molecule has 0 aliphatic carbocycles. The quantitative estimate of drug-likeness (QED) is 0.321. The molecule has 0 N–H and O–H groups in total. The predicted molar refractivity (Wildman–Crippen MR) is 110 cm³/mol. The van der Waals surface area contributed by atoms with Gasteiger partial charge in [-0.05, 0) is 36.8 Å². The van der Waals surface area contributed by atoms with Gasteiger partial charge in [0.1, 0.15) is 0 Å². The molecule has 4 nitrogen and oxygen atoms in total. The standard InChI is InChI=1S/C19H18N2O2S3/c1-2-3-13-24-19-20-16-9-10-17-15(18(16)25-19)11-12-21(17)26(22,23)14-7-5-4-6-8-14/h4-12H,2-3,13H2,1H3.